The molecule has 1 amide bonds. The van der Waals surface area contributed by atoms with E-state index in [1.807, 2.05) is 59.4 Å². The second-order valence-electron chi connectivity index (χ2n) is 7.79. The molecule has 1 saturated heterocycles. The standard InChI is InChI=1S/C25H29N3O4/c1-30-20-11-12-23(31-2)22(15-20)25-18(17-28(27-25)19-7-4-3-5-8-19)10-13-24(29)26-16-21-9-6-14-32-21/h3-5,7-8,11-12,15,17,21H,6,9-10,13-14,16H2,1-2H3,(H,26,29). The van der Waals surface area contributed by atoms with E-state index in [4.69, 9.17) is 19.3 Å². The number of amides is 1. The molecule has 1 N–H and O–H groups in total. The fraction of sp³-hybridized carbons (Fsp3) is 0.360. The number of carbonyl (C=O) groups is 1. The molecule has 0 saturated carbocycles. The van der Waals surface area contributed by atoms with E-state index in [-0.39, 0.29) is 12.0 Å². The lowest BCUT2D eigenvalue weighted by Crippen LogP contribution is -2.31. The van der Waals surface area contributed by atoms with Crippen LogP contribution >= 0.6 is 0 Å². The van der Waals surface area contributed by atoms with E-state index < -0.39 is 0 Å². The van der Waals surface area contributed by atoms with E-state index in [2.05, 4.69) is 5.32 Å². The molecule has 1 aromatic heterocycles. The maximum Gasteiger partial charge on any atom is 0.220 e. The number of rotatable bonds is 9. The third kappa shape index (κ3) is 5.11. The van der Waals surface area contributed by atoms with Gasteiger partial charge in [-0.05, 0) is 55.2 Å². The normalized spacial score (nSPS) is 15.5. The number of aryl methyl sites for hydroxylation is 1. The summed E-state index contributed by atoms with van der Waals surface area (Å²) < 4.78 is 18.4. The Hall–Kier alpha value is -3.32. The van der Waals surface area contributed by atoms with Gasteiger partial charge in [0.05, 0.1) is 31.7 Å². The van der Waals surface area contributed by atoms with Crippen molar-refractivity contribution in [1.82, 2.24) is 15.1 Å². The second kappa shape index (κ2) is 10.3. The van der Waals surface area contributed by atoms with Gasteiger partial charge in [-0.2, -0.15) is 5.10 Å². The van der Waals surface area contributed by atoms with Crippen LogP contribution in [0.15, 0.2) is 54.7 Å². The van der Waals surface area contributed by atoms with Crippen molar-refractivity contribution in [3.05, 3.63) is 60.3 Å². The van der Waals surface area contributed by atoms with Crippen LogP contribution in [0.3, 0.4) is 0 Å². The van der Waals surface area contributed by atoms with Crippen LogP contribution in [-0.4, -0.2) is 49.2 Å². The molecule has 2 aromatic carbocycles. The van der Waals surface area contributed by atoms with Gasteiger partial charge in [0.1, 0.15) is 11.5 Å². The maximum absolute atomic E-state index is 12.5. The molecule has 32 heavy (non-hydrogen) atoms. The lowest BCUT2D eigenvalue weighted by molar-refractivity contribution is -0.121. The molecule has 0 aliphatic carbocycles. The molecule has 7 heteroatoms. The van der Waals surface area contributed by atoms with Crippen molar-refractivity contribution < 1.29 is 19.0 Å². The highest BCUT2D eigenvalue weighted by Gasteiger charge is 2.19. The van der Waals surface area contributed by atoms with Crippen molar-refractivity contribution in [2.24, 2.45) is 0 Å². The number of methoxy groups -OCH3 is 2. The minimum atomic E-state index is 0.0107. The minimum absolute atomic E-state index is 0.0107. The Balaban J connectivity index is 1.59. The molecule has 2 heterocycles. The number of nitrogens with zero attached hydrogens (tertiary/aromatic N) is 2. The van der Waals surface area contributed by atoms with Gasteiger partial charge < -0.3 is 19.5 Å². The Morgan fingerprint density at radius 3 is 2.75 bits per heavy atom. The quantitative estimate of drug-likeness (QED) is 0.554. The van der Waals surface area contributed by atoms with Gasteiger partial charge in [-0.3, -0.25) is 4.79 Å². The Morgan fingerprint density at radius 2 is 2.03 bits per heavy atom. The van der Waals surface area contributed by atoms with Crippen LogP contribution in [0.1, 0.15) is 24.8 Å². The number of ether oxygens (including phenoxy) is 3. The highest BCUT2D eigenvalue weighted by Crippen LogP contribution is 2.35. The molecule has 168 valence electrons. The lowest BCUT2D eigenvalue weighted by Gasteiger charge is -2.11. The fourth-order valence-electron chi connectivity index (χ4n) is 3.90. The highest BCUT2D eigenvalue weighted by molar-refractivity contribution is 5.77. The molecule has 7 nitrogen and oxygen atoms in total. The third-order valence-electron chi connectivity index (χ3n) is 5.64. The number of benzene rings is 2. The first-order valence-electron chi connectivity index (χ1n) is 10.9. The number of hydrogen-bond donors (Lipinski definition) is 1. The maximum atomic E-state index is 12.5. The molecule has 1 fully saturated rings. The SMILES string of the molecule is COc1ccc(OC)c(-c2nn(-c3ccccc3)cc2CCC(=O)NCC2CCCO2)c1. The van der Waals surface area contributed by atoms with Crippen molar-refractivity contribution in [3.8, 4) is 28.4 Å². The van der Waals surface area contributed by atoms with E-state index in [1.165, 1.54) is 0 Å². The van der Waals surface area contributed by atoms with Crippen molar-refractivity contribution in [2.45, 2.75) is 31.8 Å². The number of carbonyl (C=O) groups excluding carboxylic acids is 1. The van der Waals surface area contributed by atoms with E-state index >= 15 is 0 Å². The molecule has 0 spiro atoms. The molecule has 0 bridgehead atoms. The number of hydrogen-bond acceptors (Lipinski definition) is 5. The van der Waals surface area contributed by atoms with Crippen molar-refractivity contribution in [1.29, 1.82) is 0 Å². The van der Waals surface area contributed by atoms with Crippen molar-refractivity contribution in [2.75, 3.05) is 27.4 Å². The summed E-state index contributed by atoms with van der Waals surface area (Å²) >= 11 is 0. The molecular weight excluding hydrogens is 406 g/mol. The van der Waals surface area contributed by atoms with Gasteiger partial charge in [-0.1, -0.05) is 18.2 Å². The summed E-state index contributed by atoms with van der Waals surface area (Å²) in [6.07, 6.45) is 5.11. The topological polar surface area (TPSA) is 74.6 Å². The molecule has 1 unspecified atom stereocenters. The molecule has 3 aromatic rings. The van der Waals surface area contributed by atoms with E-state index in [0.29, 0.717) is 25.1 Å². The first-order chi connectivity index (χ1) is 15.7. The van der Waals surface area contributed by atoms with Crippen LogP contribution in [0.4, 0.5) is 0 Å². The lowest BCUT2D eigenvalue weighted by atomic mass is 10.0. The first-order valence-corrected chi connectivity index (χ1v) is 10.9. The average molecular weight is 436 g/mol. The Bertz CT molecular complexity index is 1040. The van der Waals surface area contributed by atoms with Gasteiger partial charge in [-0.25, -0.2) is 4.68 Å². The van der Waals surface area contributed by atoms with E-state index in [9.17, 15) is 4.79 Å². The van der Waals surface area contributed by atoms with Gasteiger partial charge >= 0.3 is 0 Å². The Morgan fingerprint density at radius 1 is 1.19 bits per heavy atom. The fourth-order valence-corrected chi connectivity index (χ4v) is 3.90. The third-order valence-corrected chi connectivity index (χ3v) is 5.64. The first kappa shape index (κ1) is 21.9. The van der Waals surface area contributed by atoms with Crippen LogP contribution in [0.25, 0.3) is 16.9 Å². The Labute approximate surface area is 188 Å². The van der Waals surface area contributed by atoms with E-state index in [1.54, 1.807) is 14.2 Å². The predicted octanol–water partition coefficient (Wildman–Crippen LogP) is 3.78. The molecule has 1 atom stereocenters. The highest BCUT2D eigenvalue weighted by atomic mass is 16.5. The smallest absolute Gasteiger partial charge is 0.220 e. The summed E-state index contributed by atoms with van der Waals surface area (Å²) in [5, 5.41) is 7.85. The summed E-state index contributed by atoms with van der Waals surface area (Å²) in [7, 11) is 3.27. The summed E-state index contributed by atoms with van der Waals surface area (Å²) in [4.78, 5) is 12.5. The largest absolute Gasteiger partial charge is 0.497 e. The molecular formula is C25H29N3O4. The zero-order valence-corrected chi connectivity index (χ0v) is 18.5. The summed E-state index contributed by atoms with van der Waals surface area (Å²) in [5.41, 5.74) is 3.52. The van der Waals surface area contributed by atoms with Crippen molar-refractivity contribution in [3.63, 3.8) is 0 Å². The number of nitrogens with one attached hydrogen (secondary N) is 1. The minimum Gasteiger partial charge on any atom is -0.497 e. The van der Waals surface area contributed by atoms with Crippen LogP contribution < -0.4 is 14.8 Å². The van der Waals surface area contributed by atoms with Gasteiger partial charge in [0.15, 0.2) is 0 Å². The van der Waals surface area contributed by atoms with Gasteiger partial charge in [-0.15, -0.1) is 0 Å². The van der Waals surface area contributed by atoms with Crippen LogP contribution in [0.5, 0.6) is 11.5 Å². The predicted molar refractivity (Wildman–Crippen MR) is 122 cm³/mol. The van der Waals surface area contributed by atoms with E-state index in [0.717, 1.165) is 47.7 Å². The van der Waals surface area contributed by atoms with Crippen LogP contribution in [-0.2, 0) is 16.0 Å². The summed E-state index contributed by atoms with van der Waals surface area (Å²) in [6, 6.07) is 15.6. The monoisotopic (exact) mass is 435 g/mol. The average Bonchev–Trinajstić information content (AvgIpc) is 3.51. The number of para-hydroxylation sites is 1. The zero-order valence-electron chi connectivity index (χ0n) is 18.5. The molecule has 1 aliphatic heterocycles. The van der Waals surface area contributed by atoms with Crippen molar-refractivity contribution >= 4 is 5.91 Å². The Kier molecular flexibility index (Phi) is 7.07. The summed E-state index contributed by atoms with van der Waals surface area (Å²) in [5.74, 6) is 1.43. The molecule has 0 radical (unpaired) electrons. The van der Waals surface area contributed by atoms with Crippen LogP contribution in [0, 0.1) is 0 Å². The van der Waals surface area contributed by atoms with Gasteiger partial charge in [0.2, 0.25) is 5.91 Å². The van der Waals surface area contributed by atoms with Crippen LogP contribution in [0.2, 0.25) is 0 Å². The van der Waals surface area contributed by atoms with Gasteiger partial charge in [0.25, 0.3) is 0 Å². The second-order valence-corrected chi connectivity index (χ2v) is 7.79. The number of aromatic nitrogens is 2. The zero-order chi connectivity index (χ0) is 22.3. The molecule has 1 aliphatic rings. The van der Waals surface area contributed by atoms with Gasteiger partial charge in [0, 0.05) is 31.3 Å². The summed E-state index contributed by atoms with van der Waals surface area (Å²) in [6.45, 7) is 1.35. The molecule has 4 rings (SSSR count).